The van der Waals surface area contributed by atoms with Gasteiger partial charge in [-0.3, -0.25) is 9.69 Å². The zero-order valence-electron chi connectivity index (χ0n) is 16.5. The highest BCUT2D eigenvalue weighted by Gasteiger charge is 2.32. The number of likely N-dealkylation sites (tertiary alicyclic amines) is 1. The Morgan fingerprint density at radius 2 is 1.83 bits per heavy atom. The lowest BCUT2D eigenvalue weighted by Gasteiger charge is -2.38. The van der Waals surface area contributed by atoms with Crippen LogP contribution in [0.5, 0.6) is 0 Å². The summed E-state index contributed by atoms with van der Waals surface area (Å²) in [6.07, 6.45) is 3.81. The zero-order valence-corrected chi connectivity index (χ0v) is 17.2. The topological polar surface area (TPSA) is 35.6 Å². The van der Waals surface area contributed by atoms with Crippen LogP contribution < -0.4 is 10.2 Å². The van der Waals surface area contributed by atoms with Crippen molar-refractivity contribution in [3.63, 3.8) is 0 Å². The van der Waals surface area contributed by atoms with Crippen molar-refractivity contribution in [1.29, 1.82) is 0 Å². The highest BCUT2D eigenvalue weighted by molar-refractivity contribution is 6.33. The minimum atomic E-state index is -0.182. The van der Waals surface area contributed by atoms with Crippen LogP contribution in [-0.2, 0) is 11.3 Å². The van der Waals surface area contributed by atoms with E-state index in [-0.39, 0.29) is 17.8 Å². The van der Waals surface area contributed by atoms with Crippen molar-refractivity contribution in [3.8, 4) is 0 Å². The van der Waals surface area contributed by atoms with Crippen molar-refractivity contribution in [3.05, 3.63) is 64.9 Å². The molecule has 0 saturated carbocycles. The average Bonchev–Trinajstić information content (AvgIpc) is 2.72. The van der Waals surface area contributed by atoms with E-state index >= 15 is 0 Å². The van der Waals surface area contributed by atoms with Crippen LogP contribution in [0.2, 0.25) is 5.02 Å². The number of rotatable bonds is 5. The lowest BCUT2D eigenvalue weighted by molar-refractivity contribution is -0.122. The molecule has 1 N–H and O–H groups in total. The van der Waals surface area contributed by atoms with Crippen molar-refractivity contribution in [1.82, 2.24) is 10.2 Å². The molecule has 2 aromatic rings. The van der Waals surface area contributed by atoms with Gasteiger partial charge in [-0.2, -0.15) is 0 Å². The van der Waals surface area contributed by atoms with Gasteiger partial charge in [-0.25, -0.2) is 4.39 Å². The van der Waals surface area contributed by atoms with Crippen molar-refractivity contribution >= 4 is 23.2 Å². The molecule has 2 aliphatic rings. The van der Waals surface area contributed by atoms with E-state index in [0.29, 0.717) is 17.6 Å². The molecule has 0 unspecified atom stereocenters. The first-order chi connectivity index (χ1) is 14.1. The van der Waals surface area contributed by atoms with Gasteiger partial charge in [0.25, 0.3) is 0 Å². The molecule has 2 saturated heterocycles. The molecular formula is C23H27ClFN3O. The van der Waals surface area contributed by atoms with Crippen LogP contribution in [0.25, 0.3) is 0 Å². The summed E-state index contributed by atoms with van der Waals surface area (Å²) in [6.45, 7) is 3.38. The summed E-state index contributed by atoms with van der Waals surface area (Å²) in [4.78, 5) is 17.2. The molecule has 6 heteroatoms. The molecular weight excluding hydrogens is 389 g/mol. The molecule has 0 aliphatic carbocycles. The second-order valence-corrected chi connectivity index (χ2v) is 8.39. The van der Waals surface area contributed by atoms with E-state index < -0.39 is 0 Å². The molecule has 1 atom stereocenters. The van der Waals surface area contributed by atoms with Crippen LogP contribution >= 0.6 is 11.6 Å². The van der Waals surface area contributed by atoms with Gasteiger partial charge in [0.15, 0.2) is 0 Å². The van der Waals surface area contributed by atoms with Gasteiger partial charge < -0.3 is 10.2 Å². The fourth-order valence-electron chi connectivity index (χ4n) is 4.38. The predicted molar refractivity (Wildman–Crippen MR) is 115 cm³/mol. The largest absolute Gasteiger partial charge is 0.310 e. The number of carbonyl (C=O) groups is 1. The Labute approximate surface area is 176 Å². The van der Waals surface area contributed by atoms with Crippen LogP contribution in [-0.4, -0.2) is 42.5 Å². The van der Waals surface area contributed by atoms with E-state index in [1.807, 2.05) is 35.2 Å². The lowest BCUT2D eigenvalue weighted by Crippen LogP contribution is -2.55. The third kappa shape index (κ3) is 4.97. The van der Waals surface area contributed by atoms with Crippen molar-refractivity contribution in [2.75, 3.05) is 24.5 Å². The molecule has 2 fully saturated rings. The summed E-state index contributed by atoms with van der Waals surface area (Å²) in [7, 11) is 0. The van der Waals surface area contributed by atoms with Gasteiger partial charge >= 0.3 is 0 Å². The van der Waals surface area contributed by atoms with E-state index in [2.05, 4.69) is 10.2 Å². The first-order valence-electron chi connectivity index (χ1n) is 10.4. The van der Waals surface area contributed by atoms with E-state index in [4.69, 9.17) is 11.6 Å². The number of para-hydroxylation sites is 1. The highest BCUT2D eigenvalue weighted by Crippen LogP contribution is 2.29. The molecule has 4 nitrogen and oxygen atoms in total. The Balaban J connectivity index is 1.31. The second kappa shape index (κ2) is 9.24. The molecule has 1 amide bonds. The molecule has 2 heterocycles. The lowest BCUT2D eigenvalue weighted by atomic mass is 9.98. The Kier molecular flexibility index (Phi) is 6.48. The molecule has 0 bridgehead atoms. The number of hydrogen-bond acceptors (Lipinski definition) is 3. The van der Waals surface area contributed by atoms with Crippen LogP contribution in [0, 0.1) is 5.82 Å². The molecule has 154 valence electrons. The van der Waals surface area contributed by atoms with Crippen LogP contribution in [0.15, 0.2) is 48.5 Å². The van der Waals surface area contributed by atoms with Crippen molar-refractivity contribution in [2.45, 2.75) is 44.3 Å². The number of carbonyl (C=O) groups excluding carboxylic acids is 1. The number of anilines is 1. The molecule has 0 spiro atoms. The Hall–Kier alpha value is -1.95. The Morgan fingerprint density at radius 3 is 2.59 bits per heavy atom. The third-order valence-electron chi connectivity index (χ3n) is 5.90. The Morgan fingerprint density at radius 1 is 1.03 bits per heavy atom. The maximum atomic E-state index is 13.4. The van der Waals surface area contributed by atoms with Gasteiger partial charge in [0.05, 0.1) is 16.8 Å². The van der Waals surface area contributed by atoms with Crippen LogP contribution in [0.3, 0.4) is 0 Å². The number of hydrogen-bond donors (Lipinski definition) is 1. The first kappa shape index (κ1) is 20.3. The van der Waals surface area contributed by atoms with Gasteiger partial charge in [-0.15, -0.1) is 0 Å². The number of halogens is 2. The fourth-order valence-corrected chi connectivity index (χ4v) is 4.61. The summed E-state index contributed by atoms with van der Waals surface area (Å²) in [6, 6.07) is 14.5. The molecule has 0 aromatic heterocycles. The number of amides is 1. The summed E-state index contributed by atoms with van der Waals surface area (Å²) in [5, 5.41) is 4.22. The maximum Gasteiger partial charge on any atom is 0.244 e. The number of nitrogens with zero attached hydrogens (tertiary/aromatic N) is 2. The summed E-state index contributed by atoms with van der Waals surface area (Å²) in [5.41, 5.74) is 1.81. The summed E-state index contributed by atoms with van der Waals surface area (Å²) >= 11 is 6.31. The van der Waals surface area contributed by atoms with Gasteiger partial charge in [-0.05, 0) is 68.6 Å². The SMILES string of the molecule is O=C1[C@@H](NC2CCN(Cc3cccc(F)c3)CC2)CCCN1c1ccccc1Cl. The summed E-state index contributed by atoms with van der Waals surface area (Å²) in [5.74, 6) is -0.0653. The number of benzene rings is 2. The monoisotopic (exact) mass is 415 g/mol. The van der Waals surface area contributed by atoms with Gasteiger partial charge in [0.2, 0.25) is 5.91 Å². The van der Waals surface area contributed by atoms with Crippen LogP contribution in [0.1, 0.15) is 31.2 Å². The maximum absolute atomic E-state index is 13.4. The predicted octanol–water partition coefficient (Wildman–Crippen LogP) is 4.23. The zero-order chi connectivity index (χ0) is 20.2. The normalized spacial score (nSPS) is 21.5. The van der Waals surface area contributed by atoms with Gasteiger partial charge in [0, 0.05) is 19.1 Å². The highest BCUT2D eigenvalue weighted by atomic mass is 35.5. The standard InChI is InChI=1S/C23H27ClFN3O/c24-20-7-1-2-9-22(20)28-12-4-8-21(23(28)29)26-19-10-13-27(14-11-19)16-17-5-3-6-18(25)15-17/h1-3,5-7,9,15,19,21,26H,4,8,10-14,16H2/t21-/m0/s1. The van der Waals surface area contributed by atoms with E-state index in [1.54, 1.807) is 12.1 Å². The van der Waals surface area contributed by atoms with Gasteiger partial charge in [-0.1, -0.05) is 35.9 Å². The minimum Gasteiger partial charge on any atom is -0.310 e. The van der Waals surface area contributed by atoms with E-state index in [1.165, 1.54) is 6.07 Å². The Bertz CT molecular complexity index is 854. The quantitative estimate of drug-likeness (QED) is 0.793. The fraction of sp³-hybridized carbons (Fsp3) is 0.435. The number of piperidine rings is 2. The van der Waals surface area contributed by atoms with Crippen LogP contribution in [0.4, 0.5) is 10.1 Å². The van der Waals surface area contributed by atoms with Crippen molar-refractivity contribution < 1.29 is 9.18 Å². The minimum absolute atomic E-state index is 0.117. The number of nitrogens with one attached hydrogen (secondary N) is 1. The van der Waals surface area contributed by atoms with Crippen molar-refractivity contribution in [2.24, 2.45) is 0 Å². The molecule has 2 aliphatic heterocycles. The molecule has 0 radical (unpaired) electrons. The average molecular weight is 416 g/mol. The molecule has 4 rings (SSSR count). The van der Waals surface area contributed by atoms with E-state index in [0.717, 1.165) is 56.6 Å². The smallest absolute Gasteiger partial charge is 0.244 e. The molecule has 29 heavy (non-hydrogen) atoms. The second-order valence-electron chi connectivity index (χ2n) is 7.98. The van der Waals surface area contributed by atoms with Gasteiger partial charge in [0.1, 0.15) is 5.82 Å². The molecule has 2 aromatic carbocycles. The summed E-state index contributed by atoms with van der Waals surface area (Å²) < 4.78 is 13.4. The first-order valence-corrected chi connectivity index (χ1v) is 10.8. The third-order valence-corrected chi connectivity index (χ3v) is 6.22. The van der Waals surface area contributed by atoms with E-state index in [9.17, 15) is 9.18 Å².